The maximum Gasteiger partial charge on any atom is 0.407 e. The molecule has 3 amide bonds. The van der Waals surface area contributed by atoms with Gasteiger partial charge in [-0.1, -0.05) is 18.2 Å². The number of benzene rings is 2. The first-order valence-electron chi connectivity index (χ1n) is 7.75. The average molecular weight is 341 g/mol. The molecule has 0 fully saturated rings. The molecule has 3 N–H and O–H groups in total. The van der Waals surface area contributed by atoms with Gasteiger partial charge < -0.3 is 20.7 Å². The molecule has 0 aliphatic heterocycles. The summed E-state index contributed by atoms with van der Waals surface area (Å²) in [6.07, 6.45) is -0.642. The lowest BCUT2D eigenvalue weighted by atomic mass is 10.2. The van der Waals surface area contributed by atoms with Gasteiger partial charge in [0.2, 0.25) is 5.91 Å². The first kappa shape index (κ1) is 18.0. The topological polar surface area (TPSA) is 96.5 Å². The van der Waals surface area contributed by atoms with Crippen LogP contribution >= 0.6 is 0 Å². The number of carbonyl (C=O) groups is 3. The number of hydrogen-bond acceptors (Lipinski definition) is 4. The van der Waals surface area contributed by atoms with Gasteiger partial charge in [-0.2, -0.15) is 0 Å². The van der Waals surface area contributed by atoms with Crippen LogP contribution in [0.15, 0.2) is 54.6 Å². The van der Waals surface area contributed by atoms with Gasteiger partial charge in [-0.15, -0.1) is 0 Å². The Hall–Kier alpha value is -3.35. The predicted octanol–water partition coefficient (Wildman–Crippen LogP) is 2.62. The zero-order valence-electron chi connectivity index (χ0n) is 13.7. The van der Waals surface area contributed by atoms with Crippen LogP contribution in [0.3, 0.4) is 0 Å². The molecule has 130 valence electrons. The van der Waals surface area contributed by atoms with Crippen LogP contribution in [0, 0.1) is 0 Å². The fraction of sp³-hybridized carbons (Fsp3) is 0.167. The minimum Gasteiger partial charge on any atom is -0.450 e. The van der Waals surface area contributed by atoms with E-state index >= 15 is 0 Å². The van der Waals surface area contributed by atoms with E-state index in [-0.39, 0.29) is 25.0 Å². The Kier molecular flexibility index (Phi) is 6.53. The molecular formula is C18H19N3O4. The largest absolute Gasteiger partial charge is 0.450 e. The van der Waals surface area contributed by atoms with Crippen LogP contribution in [-0.4, -0.2) is 31.1 Å². The van der Waals surface area contributed by atoms with Crippen molar-refractivity contribution in [3.63, 3.8) is 0 Å². The summed E-state index contributed by atoms with van der Waals surface area (Å²) in [6.45, 7) is 1.73. The number of ether oxygens (including phenoxy) is 1. The summed E-state index contributed by atoms with van der Waals surface area (Å²) in [6, 6.07) is 15.5. The molecule has 0 spiro atoms. The number of amides is 3. The molecule has 25 heavy (non-hydrogen) atoms. The van der Waals surface area contributed by atoms with Crippen molar-refractivity contribution in [1.82, 2.24) is 5.32 Å². The van der Waals surface area contributed by atoms with E-state index in [2.05, 4.69) is 20.7 Å². The third kappa shape index (κ3) is 5.98. The van der Waals surface area contributed by atoms with E-state index in [0.29, 0.717) is 16.9 Å². The number of alkyl carbamates (subject to hydrolysis) is 1. The van der Waals surface area contributed by atoms with Crippen molar-refractivity contribution in [3.8, 4) is 0 Å². The minimum absolute atomic E-state index is 0.189. The van der Waals surface area contributed by atoms with Gasteiger partial charge in [0.05, 0.1) is 6.61 Å². The van der Waals surface area contributed by atoms with Crippen LogP contribution in [0.4, 0.5) is 16.2 Å². The Morgan fingerprint density at radius 2 is 1.48 bits per heavy atom. The number of rotatable bonds is 6. The molecule has 0 aromatic heterocycles. The fourth-order valence-corrected chi connectivity index (χ4v) is 1.97. The summed E-state index contributed by atoms with van der Waals surface area (Å²) < 4.78 is 4.66. The molecule has 7 nitrogen and oxygen atoms in total. The normalized spacial score (nSPS) is 9.80. The molecule has 0 bridgehead atoms. The van der Waals surface area contributed by atoms with Gasteiger partial charge in [0.1, 0.15) is 6.54 Å². The van der Waals surface area contributed by atoms with Gasteiger partial charge in [-0.3, -0.25) is 9.59 Å². The molecule has 0 atom stereocenters. The van der Waals surface area contributed by atoms with Gasteiger partial charge in [0.15, 0.2) is 0 Å². The lowest BCUT2D eigenvalue weighted by molar-refractivity contribution is -0.115. The third-order valence-electron chi connectivity index (χ3n) is 3.13. The number of anilines is 2. The molecule has 7 heteroatoms. The minimum atomic E-state index is -0.642. The van der Waals surface area contributed by atoms with Crippen LogP contribution in [0.1, 0.15) is 17.3 Å². The highest BCUT2D eigenvalue weighted by Crippen LogP contribution is 2.14. The van der Waals surface area contributed by atoms with E-state index < -0.39 is 6.09 Å². The van der Waals surface area contributed by atoms with E-state index in [1.165, 1.54) is 0 Å². The second kappa shape index (κ2) is 9.07. The van der Waals surface area contributed by atoms with Crippen LogP contribution in [0.5, 0.6) is 0 Å². The Labute approximate surface area is 145 Å². The van der Waals surface area contributed by atoms with Crippen LogP contribution in [0.25, 0.3) is 0 Å². The molecule has 0 aliphatic carbocycles. The summed E-state index contributed by atoms with van der Waals surface area (Å²) >= 11 is 0. The Bertz CT molecular complexity index is 730. The van der Waals surface area contributed by atoms with Crippen LogP contribution in [0.2, 0.25) is 0 Å². The summed E-state index contributed by atoms with van der Waals surface area (Å²) in [5.41, 5.74) is 1.72. The standard InChI is InChI=1S/C18H19N3O4/c1-2-25-18(24)19-12-16(22)20-14-8-10-15(11-9-14)21-17(23)13-6-4-3-5-7-13/h3-11H,2,12H2,1H3,(H,19,24)(H,20,22)(H,21,23). The molecule has 2 aromatic rings. The first-order chi connectivity index (χ1) is 12.1. The summed E-state index contributed by atoms with van der Waals surface area (Å²) in [4.78, 5) is 34.9. The molecule has 2 aromatic carbocycles. The number of hydrogen-bond donors (Lipinski definition) is 3. The molecular weight excluding hydrogens is 322 g/mol. The van der Waals surface area contributed by atoms with Crippen molar-refractivity contribution in [2.24, 2.45) is 0 Å². The van der Waals surface area contributed by atoms with Gasteiger partial charge in [-0.05, 0) is 43.3 Å². The van der Waals surface area contributed by atoms with Gasteiger partial charge in [-0.25, -0.2) is 4.79 Å². The van der Waals surface area contributed by atoms with E-state index in [0.717, 1.165) is 0 Å². The Morgan fingerprint density at radius 1 is 0.880 bits per heavy atom. The number of carbonyl (C=O) groups excluding carboxylic acids is 3. The molecule has 0 radical (unpaired) electrons. The average Bonchev–Trinajstić information content (AvgIpc) is 2.62. The molecule has 2 rings (SSSR count). The Morgan fingerprint density at radius 3 is 2.08 bits per heavy atom. The Balaban J connectivity index is 1.84. The van der Waals surface area contributed by atoms with Crippen molar-refractivity contribution in [2.75, 3.05) is 23.8 Å². The molecule has 0 aliphatic rings. The second-order valence-corrected chi connectivity index (χ2v) is 5.02. The van der Waals surface area contributed by atoms with E-state index in [1.807, 2.05) is 6.07 Å². The van der Waals surface area contributed by atoms with E-state index in [1.54, 1.807) is 55.5 Å². The monoisotopic (exact) mass is 341 g/mol. The van der Waals surface area contributed by atoms with Gasteiger partial charge >= 0.3 is 6.09 Å². The zero-order valence-corrected chi connectivity index (χ0v) is 13.7. The lowest BCUT2D eigenvalue weighted by Gasteiger charge is -2.09. The SMILES string of the molecule is CCOC(=O)NCC(=O)Nc1ccc(NC(=O)c2ccccc2)cc1. The fourth-order valence-electron chi connectivity index (χ4n) is 1.97. The smallest absolute Gasteiger partial charge is 0.407 e. The lowest BCUT2D eigenvalue weighted by Crippen LogP contribution is -2.33. The highest BCUT2D eigenvalue weighted by atomic mass is 16.5. The molecule has 0 saturated carbocycles. The first-order valence-corrected chi connectivity index (χ1v) is 7.75. The summed E-state index contributed by atoms with van der Waals surface area (Å²) in [5.74, 6) is -0.592. The second-order valence-electron chi connectivity index (χ2n) is 5.02. The summed E-state index contributed by atoms with van der Waals surface area (Å²) in [7, 11) is 0. The van der Waals surface area contributed by atoms with Crippen molar-refractivity contribution < 1.29 is 19.1 Å². The maximum absolute atomic E-state index is 12.0. The van der Waals surface area contributed by atoms with Crippen LogP contribution in [-0.2, 0) is 9.53 Å². The number of nitrogens with one attached hydrogen (secondary N) is 3. The van der Waals surface area contributed by atoms with Crippen molar-refractivity contribution >= 4 is 29.3 Å². The molecule has 0 heterocycles. The predicted molar refractivity (Wildman–Crippen MR) is 94.5 cm³/mol. The van der Waals surface area contributed by atoms with E-state index in [9.17, 15) is 14.4 Å². The maximum atomic E-state index is 12.0. The van der Waals surface area contributed by atoms with Crippen LogP contribution < -0.4 is 16.0 Å². The van der Waals surface area contributed by atoms with E-state index in [4.69, 9.17) is 0 Å². The van der Waals surface area contributed by atoms with Crippen molar-refractivity contribution in [1.29, 1.82) is 0 Å². The van der Waals surface area contributed by atoms with Gasteiger partial charge in [0, 0.05) is 16.9 Å². The summed E-state index contributed by atoms with van der Waals surface area (Å²) in [5, 5.41) is 7.73. The quantitative estimate of drug-likeness (QED) is 0.752. The molecule has 0 saturated heterocycles. The van der Waals surface area contributed by atoms with Crippen molar-refractivity contribution in [2.45, 2.75) is 6.92 Å². The third-order valence-corrected chi connectivity index (χ3v) is 3.13. The zero-order chi connectivity index (χ0) is 18.1. The highest BCUT2D eigenvalue weighted by molar-refractivity contribution is 6.04. The van der Waals surface area contributed by atoms with Gasteiger partial charge in [0.25, 0.3) is 5.91 Å². The van der Waals surface area contributed by atoms with Crippen molar-refractivity contribution in [3.05, 3.63) is 60.2 Å². The highest BCUT2D eigenvalue weighted by Gasteiger charge is 2.07. The molecule has 0 unspecified atom stereocenters.